The fourth-order valence-corrected chi connectivity index (χ4v) is 3.11. The molecule has 3 rings (SSSR count). The molecule has 0 aliphatic carbocycles. The number of methoxy groups -OCH3 is 1. The van der Waals surface area contributed by atoms with Gasteiger partial charge in [0.2, 0.25) is 0 Å². The smallest absolute Gasteiger partial charge is 0.275 e. The molecule has 0 radical (unpaired) electrons. The molecule has 0 heterocycles. The molecule has 0 fully saturated rings. The van der Waals surface area contributed by atoms with Crippen LogP contribution >= 0.6 is 0 Å². The second kappa shape index (κ2) is 8.13. The maximum absolute atomic E-state index is 12.5. The first-order valence-corrected chi connectivity index (χ1v) is 9.14. The minimum Gasteiger partial charge on any atom is -0.507 e. The van der Waals surface area contributed by atoms with Crippen molar-refractivity contribution in [3.8, 4) is 11.5 Å². The highest BCUT2D eigenvalue weighted by Crippen LogP contribution is 2.29. The van der Waals surface area contributed by atoms with Gasteiger partial charge in [0, 0.05) is 0 Å². The van der Waals surface area contributed by atoms with Crippen molar-refractivity contribution in [1.82, 2.24) is 5.43 Å². The molecule has 1 amide bonds. The topological polar surface area (TPSA) is 70.9 Å². The Balaban J connectivity index is 1.82. The summed E-state index contributed by atoms with van der Waals surface area (Å²) in [5.41, 5.74) is 5.65. The molecule has 0 unspecified atom stereocenters. The lowest BCUT2D eigenvalue weighted by molar-refractivity contribution is 0.0952. The third kappa shape index (κ3) is 3.98. The lowest BCUT2D eigenvalue weighted by Crippen LogP contribution is -2.18. The summed E-state index contributed by atoms with van der Waals surface area (Å²) in [6.07, 6.45) is 1.61. The molecule has 144 valence electrons. The Hall–Kier alpha value is -3.34. The largest absolute Gasteiger partial charge is 0.507 e. The molecule has 28 heavy (non-hydrogen) atoms. The van der Waals surface area contributed by atoms with Gasteiger partial charge in [0.15, 0.2) is 0 Å². The second-order valence-electron chi connectivity index (χ2n) is 7.02. The van der Waals surface area contributed by atoms with Crippen LogP contribution < -0.4 is 10.2 Å². The summed E-state index contributed by atoms with van der Waals surface area (Å²) in [7, 11) is 1.66. The maximum atomic E-state index is 12.5. The van der Waals surface area contributed by atoms with Gasteiger partial charge in [0.1, 0.15) is 11.5 Å². The van der Waals surface area contributed by atoms with E-state index in [0.29, 0.717) is 5.92 Å². The highest BCUT2D eigenvalue weighted by molar-refractivity contribution is 6.01. The van der Waals surface area contributed by atoms with Gasteiger partial charge in [-0.05, 0) is 64.6 Å². The molecule has 5 nitrogen and oxygen atoms in total. The number of phenols is 1. The maximum Gasteiger partial charge on any atom is 0.275 e. The van der Waals surface area contributed by atoms with E-state index in [1.165, 1.54) is 0 Å². The van der Waals surface area contributed by atoms with Gasteiger partial charge in [-0.3, -0.25) is 4.79 Å². The lowest BCUT2D eigenvalue weighted by Gasteiger charge is -2.14. The normalized spacial score (nSPS) is 11.3. The Kier molecular flexibility index (Phi) is 5.64. The summed E-state index contributed by atoms with van der Waals surface area (Å²) < 4.78 is 5.45. The van der Waals surface area contributed by atoms with Gasteiger partial charge in [-0.2, -0.15) is 5.10 Å². The number of carbonyl (C=O) groups excluding carboxylic acids is 1. The van der Waals surface area contributed by atoms with E-state index in [1.54, 1.807) is 25.5 Å². The number of nitrogens with one attached hydrogen (secondary N) is 1. The summed E-state index contributed by atoms with van der Waals surface area (Å²) in [5.74, 6) is 0.602. The number of hydrogen-bond donors (Lipinski definition) is 2. The first-order valence-electron chi connectivity index (χ1n) is 9.14. The molecule has 0 saturated heterocycles. The van der Waals surface area contributed by atoms with E-state index in [4.69, 9.17) is 4.74 Å². The predicted octanol–water partition coefficient (Wildman–Crippen LogP) is 4.75. The molecule has 0 aliphatic heterocycles. The second-order valence-corrected chi connectivity index (χ2v) is 7.02. The zero-order valence-electron chi connectivity index (χ0n) is 16.5. The number of ether oxygens (including phenoxy) is 1. The first kappa shape index (κ1) is 19.4. The molecule has 0 spiro atoms. The van der Waals surface area contributed by atoms with E-state index in [0.717, 1.165) is 33.2 Å². The molecule has 5 heteroatoms. The lowest BCUT2D eigenvalue weighted by atomic mass is 9.97. The molecule has 0 aromatic heterocycles. The number of carbonyl (C=O) groups is 1. The van der Waals surface area contributed by atoms with E-state index in [-0.39, 0.29) is 11.3 Å². The van der Waals surface area contributed by atoms with Crippen molar-refractivity contribution in [2.75, 3.05) is 7.11 Å². The number of nitrogens with zero attached hydrogens (tertiary/aromatic N) is 1. The Labute approximate surface area is 164 Å². The van der Waals surface area contributed by atoms with Gasteiger partial charge in [0.25, 0.3) is 5.91 Å². The SMILES string of the molecule is COc1cc(C)c(/C=N/NC(=O)c2cc3ccccc3cc2O)cc1C(C)C. The van der Waals surface area contributed by atoms with Crippen LogP contribution in [0.5, 0.6) is 11.5 Å². The summed E-state index contributed by atoms with van der Waals surface area (Å²) >= 11 is 0. The standard InChI is InChI=1S/C23H24N2O3/c1-14(2)19-11-18(15(3)9-22(19)28-4)13-24-25-23(27)20-10-16-7-5-6-8-17(16)12-21(20)26/h5-14,26H,1-4H3,(H,25,27)/b24-13+. The van der Waals surface area contributed by atoms with Gasteiger partial charge in [-0.1, -0.05) is 38.1 Å². The van der Waals surface area contributed by atoms with Crippen molar-refractivity contribution in [3.05, 3.63) is 70.8 Å². The van der Waals surface area contributed by atoms with E-state index < -0.39 is 5.91 Å². The third-order valence-corrected chi connectivity index (χ3v) is 4.72. The number of aryl methyl sites for hydroxylation is 1. The quantitative estimate of drug-likeness (QED) is 0.499. The van der Waals surface area contributed by atoms with Crippen LogP contribution in [0.2, 0.25) is 0 Å². The average molecular weight is 376 g/mol. The van der Waals surface area contributed by atoms with Crippen LogP contribution in [-0.4, -0.2) is 24.3 Å². The number of benzene rings is 3. The van der Waals surface area contributed by atoms with Gasteiger partial charge in [0.05, 0.1) is 18.9 Å². The number of hydrogen-bond acceptors (Lipinski definition) is 4. The molecule has 3 aromatic carbocycles. The number of fused-ring (bicyclic) bond motifs is 1. The van der Waals surface area contributed by atoms with Crippen molar-refractivity contribution in [2.45, 2.75) is 26.7 Å². The molecule has 0 bridgehead atoms. The van der Waals surface area contributed by atoms with E-state index in [2.05, 4.69) is 24.4 Å². The van der Waals surface area contributed by atoms with Crippen molar-refractivity contribution in [3.63, 3.8) is 0 Å². The number of phenolic OH excluding ortho intramolecular Hbond substituents is 1. The van der Waals surface area contributed by atoms with Gasteiger partial charge >= 0.3 is 0 Å². The summed E-state index contributed by atoms with van der Waals surface area (Å²) in [6.45, 7) is 6.15. The van der Waals surface area contributed by atoms with Gasteiger partial charge in [-0.25, -0.2) is 5.43 Å². The molecule has 3 aromatic rings. The average Bonchev–Trinajstić information content (AvgIpc) is 2.67. The van der Waals surface area contributed by atoms with E-state index >= 15 is 0 Å². The van der Waals surface area contributed by atoms with Crippen LogP contribution in [0.4, 0.5) is 0 Å². The molecular weight excluding hydrogens is 352 g/mol. The van der Waals surface area contributed by atoms with Crippen molar-refractivity contribution in [1.29, 1.82) is 0 Å². The highest BCUT2D eigenvalue weighted by Gasteiger charge is 2.13. The van der Waals surface area contributed by atoms with Crippen molar-refractivity contribution < 1.29 is 14.6 Å². The van der Waals surface area contributed by atoms with Crippen LogP contribution in [0.3, 0.4) is 0 Å². The van der Waals surface area contributed by atoms with Gasteiger partial charge in [-0.15, -0.1) is 0 Å². The van der Waals surface area contributed by atoms with Crippen LogP contribution in [0.1, 0.15) is 46.8 Å². The van der Waals surface area contributed by atoms with Crippen molar-refractivity contribution in [2.24, 2.45) is 5.10 Å². The number of rotatable bonds is 5. The molecule has 2 N–H and O–H groups in total. The van der Waals surface area contributed by atoms with E-state index in [1.807, 2.05) is 43.3 Å². The third-order valence-electron chi connectivity index (χ3n) is 4.72. The zero-order valence-corrected chi connectivity index (χ0v) is 16.5. The summed E-state index contributed by atoms with van der Waals surface area (Å²) in [6, 6.07) is 14.8. The van der Waals surface area contributed by atoms with E-state index in [9.17, 15) is 9.90 Å². The monoisotopic (exact) mass is 376 g/mol. The summed E-state index contributed by atoms with van der Waals surface area (Å²) in [5, 5.41) is 16.0. The predicted molar refractivity (Wildman–Crippen MR) is 112 cm³/mol. The highest BCUT2D eigenvalue weighted by atomic mass is 16.5. The van der Waals surface area contributed by atoms with Crippen LogP contribution in [0, 0.1) is 6.92 Å². The molecular formula is C23H24N2O3. The number of amides is 1. The number of hydrazone groups is 1. The first-order chi connectivity index (χ1) is 13.4. The van der Waals surface area contributed by atoms with Crippen LogP contribution in [0.15, 0.2) is 53.6 Å². The van der Waals surface area contributed by atoms with Crippen LogP contribution in [0.25, 0.3) is 10.8 Å². The Morgan fingerprint density at radius 3 is 2.46 bits per heavy atom. The molecule has 0 saturated carbocycles. The minimum absolute atomic E-state index is 0.0749. The fourth-order valence-electron chi connectivity index (χ4n) is 3.11. The molecule has 0 aliphatic rings. The Morgan fingerprint density at radius 1 is 1.14 bits per heavy atom. The summed E-state index contributed by atoms with van der Waals surface area (Å²) in [4.78, 5) is 12.5. The van der Waals surface area contributed by atoms with Crippen molar-refractivity contribution >= 4 is 22.9 Å². The van der Waals surface area contributed by atoms with Crippen LogP contribution in [-0.2, 0) is 0 Å². The number of aromatic hydroxyl groups is 1. The molecule has 0 atom stereocenters. The minimum atomic E-state index is -0.463. The van der Waals surface area contributed by atoms with Gasteiger partial charge < -0.3 is 9.84 Å². The Bertz CT molecular complexity index is 1060. The fraction of sp³-hybridized carbons (Fsp3) is 0.217. The Morgan fingerprint density at radius 2 is 1.82 bits per heavy atom. The zero-order chi connectivity index (χ0) is 20.3.